The Morgan fingerprint density at radius 2 is 1.68 bits per heavy atom. The van der Waals surface area contributed by atoms with Crippen LogP contribution in [-0.2, 0) is 26.2 Å². The van der Waals surface area contributed by atoms with Crippen LogP contribution in [0.4, 0.5) is 5.69 Å². The van der Waals surface area contributed by atoms with E-state index in [0.29, 0.717) is 24.4 Å². The Bertz CT molecular complexity index is 1160. The van der Waals surface area contributed by atoms with Gasteiger partial charge < -0.3 is 15.0 Å². The van der Waals surface area contributed by atoms with Crippen LogP contribution in [0.5, 0.6) is 5.75 Å². The number of sulfonamides is 1. The van der Waals surface area contributed by atoms with Crippen molar-refractivity contribution in [2.45, 2.75) is 60.0 Å². The van der Waals surface area contributed by atoms with Crippen molar-refractivity contribution < 1.29 is 22.7 Å². The Labute approximate surface area is 222 Å². The maximum Gasteiger partial charge on any atom is 0.242 e. The van der Waals surface area contributed by atoms with Crippen molar-refractivity contribution >= 4 is 27.5 Å². The Balaban J connectivity index is 2.20. The van der Waals surface area contributed by atoms with Crippen LogP contribution in [0, 0.1) is 19.8 Å². The second-order valence-electron chi connectivity index (χ2n) is 9.91. The summed E-state index contributed by atoms with van der Waals surface area (Å²) in [6, 6.07) is 12.3. The van der Waals surface area contributed by atoms with Gasteiger partial charge in [-0.15, -0.1) is 0 Å². The summed E-state index contributed by atoms with van der Waals surface area (Å²) >= 11 is 0. The number of rotatable bonds is 13. The fraction of sp³-hybridized carbons (Fsp3) is 0.500. The Morgan fingerprint density at radius 1 is 1.03 bits per heavy atom. The highest BCUT2D eigenvalue weighted by molar-refractivity contribution is 7.92. The molecule has 2 aromatic rings. The molecule has 0 saturated heterocycles. The molecule has 0 bridgehead atoms. The average Bonchev–Trinajstić information content (AvgIpc) is 2.84. The van der Waals surface area contributed by atoms with Gasteiger partial charge in [0.15, 0.2) is 0 Å². The molecule has 2 aromatic carbocycles. The zero-order chi connectivity index (χ0) is 27.8. The number of ether oxygens (including phenoxy) is 1. The summed E-state index contributed by atoms with van der Waals surface area (Å²) in [4.78, 5) is 27.8. The minimum atomic E-state index is -3.54. The Morgan fingerprint density at radius 3 is 2.24 bits per heavy atom. The molecule has 0 aliphatic carbocycles. The number of methoxy groups -OCH3 is 1. The van der Waals surface area contributed by atoms with Gasteiger partial charge in [0.05, 0.1) is 19.1 Å². The van der Waals surface area contributed by atoms with E-state index >= 15 is 0 Å². The second-order valence-corrected chi connectivity index (χ2v) is 11.8. The summed E-state index contributed by atoms with van der Waals surface area (Å²) in [5.74, 6) is 0.562. The number of benzene rings is 2. The van der Waals surface area contributed by atoms with Gasteiger partial charge in [0, 0.05) is 26.1 Å². The Kier molecular flexibility index (Phi) is 11.0. The minimum absolute atomic E-state index is 0.106. The van der Waals surface area contributed by atoms with Gasteiger partial charge in [0.25, 0.3) is 0 Å². The van der Waals surface area contributed by atoms with Gasteiger partial charge >= 0.3 is 0 Å². The van der Waals surface area contributed by atoms with Gasteiger partial charge in [-0.2, -0.15) is 0 Å². The summed E-state index contributed by atoms with van der Waals surface area (Å²) in [6.07, 6.45) is 1.60. The average molecular weight is 532 g/mol. The second kappa shape index (κ2) is 13.5. The molecule has 9 heteroatoms. The molecule has 0 aliphatic rings. The minimum Gasteiger partial charge on any atom is -0.497 e. The molecule has 0 radical (unpaired) electrons. The number of carbonyl (C=O) groups excluding carboxylic acids is 2. The standard InChI is InChI=1S/C28H41N3O5S/c1-20(2)18-29-28(33)23(5)30(19-24-12-14-25(36-6)15-13-24)27(32)9-8-16-31(37(7,34)35)26-17-21(3)10-11-22(26)4/h10-15,17,20,23H,8-9,16,18-19H2,1-7H3,(H,29,33)/t23-/m1/s1. The van der Waals surface area contributed by atoms with Gasteiger partial charge in [-0.3, -0.25) is 13.9 Å². The molecule has 1 N–H and O–H groups in total. The van der Waals surface area contributed by atoms with Crippen LogP contribution in [0.25, 0.3) is 0 Å². The molecule has 2 amide bonds. The first-order valence-electron chi connectivity index (χ1n) is 12.6. The van der Waals surface area contributed by atoms with E-state index in [1.807, 2.05) is 70.2 Å². The van der Waals surface area contributed by atoms with Crippen LogP contribution in [0.3, 0.4) is 0 Å². The summed E-state index contributed by atoms with van der Waals surface area (Å²) in [7, 11) is -1.96. The van der Waals surface area contributed by atoms with Gasteiger partial charge in [0.1, 0.15) is 11.8 Å². The summed E-state index contributed by atoms with van der Waals surface area (Å²) in [6.45, 7) is 10.5. The smallest absolute Gasteiger partial charge is 0.242 e. The third kappa shape index (κ3) is 9.07. The molecule has 0 spiro atoms. The SMILES string of the molecule is COc1ccc(CN(C(=O)CCCN(c2cc(C)ccc2C)S(C)(=O)=O)[C@H](C)C(=O)NCC(C)C)cc1. The molecule has 2 rings (SSSR count). The molecule has 0 aromatic heterocycles. The lowest BCUT2D eigenvalue weighted by atomic mass is 10.1. The topological polar surface area (TPSA) is 96.0 Å². The number of nitrogens with zero attached hydrogens (tertiary/aromatic N) is 2. The largest absolute Gasteiger partial charge is 0.497 e. The quantitative estimate of drug-likeness (QED) is 0.421. The number of hydrogen-bond acceptors (Lipinski definition) is 5. The Hall–Kier alpha value is -3.07. The van der Waals surface area contributed by atoms with E-state index in [1.165, 1.54) is 10.6 Å². The summed E-state index contributed by atoms with van der Waals surface area (Å²) in [5.41, 5.74) is 3.29. The number of nitrogens with one attached hydrogen (secondary N) is 1. The first-order valence-corrected chi connectivity index (χ1v) is 14.4. The molecular weight excluding hydrogens is 490 g/mol. The van der Waals surface area contributed by atoms with Crippen molar-refractivity contribution in [1.29, 1.82) is 0 Å². The molecule has 8 nitrogen and oxygen atoms in total. The van der Waals surface area contributed by atoms with E-state index in [2.05, 4.69) is 5.32 Å². The highest BCUT2D eigenvalue weighted by Crippen LogP contribution is 2.25. The molecule has 1 atom stereocenters. The summed E-state index contributed by atoms with van der Waals surface area (Å²) in [5, 5.41) is 2.91. The van der Waals surface area contributed by atoms with Crippen LogP contribution in [0.2, 0.25) is 0 Å². The van der Waals surface area contributed by atoms with E-state index in [-0.39, 0.29) is 37.2 Å². The van der Waals surface area contributed by atoms with E-state index in [0.717, 1.165) is 16.7 Å². The van der Waals surface area contributed by atoms with Crippen LogP contribution in [0.1, 0.15) is 50.3 Å². The van der Waals surface area contributed by atoms with Gasteiger partial charge in [-0.25, -0.2) is 8.42 Å². The number of anilines is 1. The normalized spacial score (nSPS) is 12.2. The summed E-state index contributed by atoms with van der Waals surface area (Å²) < 4.78 is 31.8. The van der Waals surface area contributed by atoms with Crippen molar-refractivity contribution in [2.75, 3.05) is 30.8 Å². The number of aryl methyl sites for hydroxylation is 2. The third-order valence-corrected chi connectivity index (χ3v) is 7.33. The molecule has 0 heterocycles. The first-order chi connectivity index (χ1) is 17.3. The molecule has 0 saturated carbocycles. The lowest BCUT2D eigenvalue weighted by Gasteiger charge is -2.30. The molecule has 0 fully saturated rings. The van der Waals surface area contributed by atoms with Crippen molar-refractivity contribution in [3.63, 3.8) is 0 Å². The van der Waals surface area contributed by atoms with E-state index in [9.17, 15) is 18.0 Å². The third-order valence-electron chi connectivity index (χ3n) is 6.15. The zero-order valence-electron chi connectivity index (χ0n) is 23.1. The predicted octanol–water partition coefficient (Wildman–Crippen LogP) is 4.05. The van der Waals surface area contributed by atoms with Crippen molar-refractivity contribution in [1.82, 2.24) is 10.2 Å². The van der Waals surface area contributed by atoms with E-state index < -0.39 is 16.1 Å². The maximum absolute atomic E-state index is 13.4. The van der Waals surface area contributed by atoms with Crippen LogP contribution >= 0.6 is 0 Å². The van der Waals surface area contributed by atoms with Crippen LogP contribution in [-0.4, -0.2) is 57.6 Å². The fourth-order valence-electron chi connectivity index (χ4n) is 3.93. The molecule has 0 unspecified atom stereocenters. The van der Waals surface area contributed by atoms with Crippen molar-refractivity contribution in [3.8, 4) is 5.75 Å². The predicted molar refractivity (Wildman–Crippen MR) is 148 cm³/mol. The van der Waals surface area contributed by atoms with E-state index in [1.54, 1.807) is 18.9 Å². The lowest BCUT2D eigenvalue weighted by molar-refractivity contribution is -0.140. The van der Waals surface area contributed by atoms with Crippen LogP contribution in [0.15, 0.2) is 42.5 Å². The zero-order valence-corrected chi connectivity index (χ0v) is 23.9. The van der Waals surface area contributed by atoms with Gasteiger partial charge in [-0.1, -0.05) is 38.1 Å². The number of hydrogen-bond donors (Lipinski definition) is 1. The van der Waals surface area contributed by atoms with Crippen LogP contribution < -0.4 is 14.4 Å². The lowest BCUT2D eigenvalue weighted by Crippen LogP contribution is -2.48. The molecular formula is C28H41N3O5S. The molecule has 204 valence electrons. The van der Waals surface area contributed by atoms with Gasteiger partial charge in [-0.05, 0) is 68.0 Å². The van der Waals surface area contributed by atoms with Gasteiger partial charge in [0.2, 0.25) is 21.8 Å². The highest BCUT2D eigenvalue weighted by atomic mass is 32.2. The highest BCUT2D eigenvalue weighted by Gasteiger charge is 2.27. The fourth-order valence-corrected chi connectivity index (χ4v) is 4.95. The first kappa shape index (κ1) is 30.2. The molecule has 37 heavy (non-hydrogen) atoms. The molecule has 0 aliphatic heterocycles. The van der Waals surface area contributed by atoms with Crippen molar-refractivity contribution in [2.24, 2.45) is 5.92 Å². The monoisotopic (exact) mass is 531 g/mol. The number of carbonyl (C=O) groups is 2. The maximum atomic E-state index is 13.4. The van der Waals surface area contributed by atoms with Crippen molar-refractivity contribution in [3.05, 3.63) is 59.2 Å². The number of amides is 2. The van der Waals surface area contributed by atoms with E-state index in [4.69, 9.17) is 4.74 Å².